The van der Waals surface area contributed by atoms with Crippen LogP contribution in [0.15, 0.2) is 192 Å². The molecule has 0 aliphatic heterocycles. The lowest BCUT2D eigenvalue weighted by Crippen LogP contribution is -2.10. The molecule has 2 nitrogen and oxygen atoms in total. The first-order chi connectivity index (χ1) is 26.3. The molecule has 53 heavy (non-hydrogen) atoms. The fourth-order valence-electron chi connectivity index (χ4n) is 8.12. The van der Waals surface area contributed by atoms with Gasteiger partial charge in [-0.2, -0.15) is 0 Å². The number of hydrogen-bond acceptors (Lipinski definition) is 3. The first-order valence-electron chi connectivity index (χ1n) is 18.0. The quantitative estimate of drug-likeness (QED) is 0.178. The predicted octanol–water partition coefficient (Wildman–Crippen LogP) is 15.1. The zero-order valence-corrected chi connectivity index (χ0v) is 29.5. The Morgan fingerprint density at radius 1 is 0.377 bits per heavy atom. The van der Waals surface area contributed by atoms with Crippen molar-refractivity contribution in [3.63, 3.8) is 0 Å². The summed E-state index contributed by atoms with van der Waals surface area (Å²) in [5, 5.41) is 9.61. The second kappa shape index (κ2) is 11.9. The third kappa shape index (κ3) is 4.86. The Kier molecular flexibility index (Phi) is 6.76. The molecule has 0 spiro atoms. The average Bonchev–Trinajstić information content (AvgIpc) is 3.81. The van der Waals surface area contributed by atoms with Gasteiger partial charge in [-0.1, -0.05) is 127 Å². The summed E-state index contributed by atoms with van der Waals surface area (Å²) in [7, 11) is 0. The van der Waals surface area contributed by atoms with E-state index in [4.69, 9.17) is 4.42 Å². The van der Waals surface area contributed by atoms with E-state index in [1.165, 1.54) is 64.0 Å². The fraction of sp³-hybridized carbons (Fsp3) is 0. The summed E-state index contributed by atoms with van der Waals surface area (Å²) in [5.74, 6) is 0. The van der Waals surface area contributed by atoms with Gasteiger partial charge in [0, 0.05) is 47.7 Å². The van der Waals surface area contributed by atoms with Crippen molar-refractivity contribution in [3.05, 3.63) is 188 Å². The van der Waals surface area contributed by atoms with Crippen LogP contribution in [-0.4, -0.2) is 0 Å². The number of thiophene rings is 1. The van der Waals surface area contributed by atoms with E-state index in [1.807, 2.05) is 11.3 Å². The molecule has 248 valence electrons. The molecule has 11 rings (SSSR count). The molecule has 3 heteroatoms. The van der Waals surface area contributed by atoms with Gasteiger partial charge < -0.3 is 9.32 Å². The van der Waals surface area contributed by atoms with Gasteiger partial charge in [-0.3, -0.25) is 0 Å². The molecule has 0 saturated heterocycles. The first-order valence-corrected chi connectivity index (χ1v) is 18.8. The topological polar surface area (TPSA) is 16.4 Å². The van der Waals surface area contributed by atoms with Crippen molar-refractivity contribution in [2.45, 2.75) is 0 Å². The number of rotatable bonds is 5. The zero-order chi connectivity index (χ0) is 34.9. The van der Waals surface area contributed by atoms with E-state index in [2.05, 4.69) is 193 Å². The van der Waals surface area contributed by atoms with Crippen LogP contribution in [0, 0.1) is 0 Å². The van der Waals surface area contributed by atoms with E-state index in [0.29, 0.717) is 0 Å². The summed E-state index contributed by atoms with van der Waals surface area (Å²) >= 11 is 1.85. The van der Waals surface area contributed by atoms with Crippen molar-refractivity contribution >= 4 is 92.1 Å². The van der Waals surface area contributed by atoms with Crippen molar-refractivity contribution in [2.24, 2.45) is 0 Å². The number of benzene rings is 9. The number of furan rings is 1. The van der Waals surface area contributed by atoms with Gasteiger partial charge in [0.25, 0.3) is 0 Å². The molecular formula is C50H31NOS. The normalized spacial score (nSPS) is 11.8. The van der Waals surface area contributed by atoms with Crippen molar-refractivity contribution in [3.8, 4) is 22.3 Å². The van der Waals surface area contributed by atoms with E-state index in [1.54, 1.807) is 0 Å². The SMILES string of the molecule is c1ccc(-c2cccc(N(c3ccc(-c4ccc5ccccc5c4)cc3)c3cccc4sc5ccc6oc7c8ccccc8ccc7c6c5c34)c2)cc1. The largest absolute Gasteiger partial charge is 0.455 e. The number of nitrogens with zero attached hydrogens (tertiary/aromatic N) is 1. The molecule has 0 N–H and O–H groups in total. The highest BCUT2D eigenvalue weighted by Crippen LogP contribution is 2.49. The lowest BCUT2D eigenvalue weighted by atomic mass is 9.99. The molecule has 11 aromatic rings. The van der Waals surface area contributed by atoms with E-state index in [9.17, 15) is 0 Å². The van der Waals surface area contributed by atoms with E-state index in [0.717, 1.165) is 39.0 Å². The molecule has 9 aromatic carbocycles. The van der Waals surface area contributed by atoms with Crippen molar-refractivity contribution in [1.82, 2.24) is 0 Å². The van der Waals surface area contributed by atoms with Crippen LogP contribution in [0.3, 0.4) is 0 Å². The van der Waals surface area contributed by atoms with Crippen molar-refractivity contribution in [2.75, 3.05) is 4.90 Å². The van der Waals surface area contributed by atoms with Crippen molar-refractivity contribution < 1.29 is 4.42 Å². The molecule has 2 aromatic heterocycles. The Hall–Kier alpha value is -6.68. The minimum Gasteiger partial charge on any atom is -0.455 e. The third-order valence-electron chi connectivity index (χ3n) is 10.6. The highest BCUT2D eigenvalue weighted by molar-refractivity contribution is 7.26. The summed E-state index contributed by atoms with van der Waals surface area (Å²) < 4.78 is 9.20. The Balaban J connectivity index is 1.16. The Bertz CT molecular complexity index is 3170. The van der Waals surface area contributed by atoms with Crippen LogP contribution >= 0.6 is 11.3 Å². The lowest BCUT2D eigenvalue weighted by Gasteiger charge is -2.27. The van der Waals surface area contributed by atoms with Crippen LogP contribution in [0.25, 0.3) is 85.9 Å². The predicted molar refractivity (Wildman–Crippen MR) is 227 cm³/mol. The second-order valence-corrected chi connectivity index (χ2v) is 14.8. The van der Waals surface area contributed by atoms with Crippen LogP contribution in [-0.2, 0) is 0 Å². The highest BCUT2D eigenvalue weighted by Gasteiger charge is 2.22. The van der Waals surface area contributed by atoms with Crippen LogP contribution in [0.1, 0.15) is 0 Å². The van der Waals surface area contributed by atoms with Gasteiger partial charge in [0.05, 0.1) is 5.69 Å². The zero-order valence-electron chi connectivity index (χ0n) is 28.7. The molecule has 0 radical (unpaired) electrons. The summed E-state index contributed by atoms with van der Waals surface area (Å²) in [5.41, 5.74) is 9.97. The fourth-order valence-corrected chi connectivity index (χ4v) is 9.26. The van der Waals surface area contributed by atoms with Gasteiger partial charge in [0.15, 0.2) is 0 Å². The smallest absolute Gasteiger partial charge is 0.143 e. The number of fused-ring (bicyclic) bond motifs is 10. The molecule has 0 fully saturated rings. The third-order valence-corrected chi connectivity index (χ3v) is 11.7. The number of hydrogen-bond donors (Lipinski definition) is 0. The molecule has 0 unspecified atom stereocenters. The molecule has 0 atom stereocenters. The molecule has 2 heterocycles. The Labute approximate surface area is 310 Å². The first kappa shape index (κ1) is 30.0. The van der Waals surface area contributed by atoms with Gasteiger partial charge in [0.2, 0.25) is 0 Å². The van der Waals surface area contributed by atoms with Crippen LogP contribution in [0.2, 0.25) is 0 Å². The van der Waals surface area contributed by atoms with E-state index < -0.39 is 0 Å². The van der Waals surface area contributed by atoms with Crippen LogP contribution < -0.4 is 4.90 Å². The van der Waals surface area contributed by atoms with E-state index >= 15 is 0 Å². The second-order valence-electron chi connectivity index (χ2n) is 13.7. The molecule has 0 aliphatic rings. The maximum Gasteiger partial charge on any atom is 0.143 e. The maximum atomic E-state index is 6.70. The van der Waals surface area contributed by atoms with Gasteiger partial charge in [0.1, 0.15) is 11.2 Å². The minimum absolute atomic E-state index is 0.913. The van der Waals surface area contributed by atoms with Crippen LogP contribution in [0.4, 0.5) is 17.1 Å². The van der Waals surface area contributed by atoms with Crippen LogP contribution in [0.5, 0.6) is 0 Å². The molecular weight excluding hydrogens is 663 g/mol. The van der Waals surface area contributed by atoms with Gasteiger partial charge in [-0.05, 0) is 99.1 Å². The van der Waals surface area contributed by atoms with E-state index in [-0.39, 0.29) is 0 Å². The van der Waals surface area contributed by atoms with Gasteiger partial charge in [-0.25, -0.2) is 0 Å². The van der Waals surface area contributed by atoms with Gasteiger partial charge in [-0.15, -0.1) is 11.3 Å². The Morgan fingerprint density at radius 3 is 1.94 bits per heavy atom. The molecule has 0 bridgehead atoms. The minimum atomic E-state index is 0.913. The molecule has 0 amide bonds. The maximum absolute atomic E-state index is 6.70. The summed E-state index contributed by atoms with van der Waals surface area (Å²) in [6.45, 7) is 0. The average molecular weight is 694 g/mol. The molecule has 0 saturated carbocycles. The summed E-state index contributed by atoms with van der Waals surface area (Å²) in [4.78, 5) is 2.43. The highest BCUT2D eigenvalue weighted by atomic mass is 32.1. The monoisotopic (exact) mass is 693 g/mol. The van der Waals surface area contributed by atoms with Crippen molar-refractivity contribution in [1.29, 1.82) is 0 Å². The standard InChI is InChI=1S/C50H31NOS/c1-2-10-32(11-3-1)37-15-8-16-40(31-37)51(39-25-22-34(23-26-39)38-21-20-33-12-4-5-14-36(33)30-38)43-18-9-19-45-48(43)49-46(53-45)29-28-44-47(49)42-27-24-35-13-6-7-17-41(35)50(42)52-44/h1-31H. The lowest BCUT2D eigenvalue weighted by molar-refractivity contribution is 0.673. The Morgan fingerprint density at radius 2 is 1.06 bits per heavy atom. The van der Waals surface area contributed by atoms with Gasteiger partial charge >= 0.3 is 0 Å². The number of anilines is 3. The summed E-state index contributed by atoms with van der Waals surface area (Å²) in [6.07, 6.45) is 0. The molecule has 0 aliphatic carbocycles. The summed E-state index contributed by atoms with van der Waals surface area (Å²) in [6, 6.07) is 67.9.